The minimum absolute atomic E-state index is 0.253. The van der Waals surface area contributed by atoms with Crippen molar-refractivity contribution in [3.8, 4) is 23.0 Å². The molecule has 1 aromatic heterocycles. The summed E-state index contributed by atoms with van der Waals surface area (Å²) in [5.74, 6) is 1.70. The third-order valence-electron chi connectivity index (χ3n) is 4.77. The summed E-state index contributed by atoms with van der Waals surface area (Å²) < 4.78 is 17.5. The number of nitrogens with one attached hydrogen (secondary N) is 1. The van der Waals surface area contributed by atoms with E-state index in [2.05, 4.69) is 10.4 Å². The summed E-state index contributed by atoms with van der Waals surface area (Å²) in [6.07, 6.45) is 1.52. The monoisotopic (exact) mass is 431 g/mol. The number of amides is 1. The molecular weight excluding hydrogens is 410 g/mol. The zero-order chi connectivity index (χ0) is 22.5. The molecule has 3 aromatic carbocycles. The highest BCUT2D eigenvalue weighted by molar-refractivity contribution is 5.92. The van der Waals surface area contributed by atoms with Crippen LogP contribution in [0.1, 0.15) is 0 Å². The molecule has 32 heavy (non-hydrogen) atoms. The smallest absolute Gasteiger partial charge is 0.279 e. The van der Waals surface area contributed by atoms with Crippen LogP contribution in [0.25, 0.3) is 10.8 Å². The molecule has 0 atom stereocenters. The van der Waals surface area contributed by atoms with Crippen molar-refractivity contribution in [1.29, 1.82) is 0 Å². The van der Waals surface area contributed by atoms with Gasteiger partial charge in [-0.05, 0) is 48.5 Å². The number of fused-ring (bicyclic) bond motifs is 1. The van der Waals surface area contributed by atoms with Gasteiger partial charge in [-0.25, -0.2) is 4.68 Å². The van der Waals surface area contributed by atoms with E-state index in [4.69, 9.17) is 14.2 Å². The van der Waals surface area contributed by atoms with Crippen LogP contribution >= 0.6 is 0 Å². The van der Waals surface area contributed by atoms with Crippen molar-refractivity contribution in [2.45, 2.75) is 6.54 Å². The molecule has 162 valence electrons. The quantitative estimate of drug-likeness (QED) is 0.478. The van der Waals surface area contributed by atoms with Gasteiger partial charge in [0.15, 0.2) is 11.5 Å². The predicted molar refractivity (Wildman–Crippen MR) is 121 cm³/mol. The number of hydrogen-bond acceptors (Lipinski definition) is 6. The average molecular weight is 431 g/mol. The van der Waals surface area contributed by atoms with E-state index < -0.39 is 11.5 Å². The maximum atomic E-state index is 13.0. The molecule has 8 heteroatoms. The Labute approximate surface area is 184 Å². The molecule has 0 fully saturated rings. The van der Waals surface area contributed by atoms with E-state index in [1.165, 1.54) is 20.4 Å². The Morgan fingerprint density at radius 1 is 0.938 bits per heavy atom. The number of carbonyl (C=O) groups excluding carboxylic acids is 1. The highest BCUT2D eigenvalue weighted by Gasteiger charge is 2.16. The Kier molecular flexibility index (Phi) is 6.03. The molecule has 1 N–H and O–H groups in total. The van der Waals surface area contributed by atoms with Crippen LogP contribution in [-0.4, -0.2) is 29.9 Å². The van der Waals surface area contributed by atoms with E-state index in [-0.39, 0.29) is 6.54 Å². The summed E-state index contributed by atoms with van der Waals surface area (Å²) in [7, 11) is 2.95. The number of hydrogen-bond donors (Lipinski definition) is 1. The van der Waals surface area contributed by atoms with Crippen molar-refractivity contribution in [2.75, 3.05) is 19.5 Å². The Morgan fingerprint density at radius 2 is 1.66 bits per heavy atom. The van der Waals surface area contributed by atoms with Crippen molar-refractivity contribution in [3.05, 3.63) is 83.3 Å². The Morgan fingerprint density at radius 3 is 2.34 bits per heavy atom. The highest BCUT2D eigenvalue weighted by atomic mass is 16.5. The topological polar surface area (TPSA) is 91.7 Å². The first-order valence-corrected chi connectivity index (χ1v) is 9.82. The van der Waals surface area contributed by atoms with Gasteiger partial charge in [0.05, 0.1) is 25.8 Å². The van der Waals surface area contributed by atoms with Gasteiger partial charge in [0.25, 0.3) is 5.56 Å². The number of methoxy groups -OCH3 is 2. The second-order valence-corrected chi connectivity index (χ2v) is 6.86. The number of para-hydroxylation sites is 1. The number of nitrogens with zero attached hydrogens (tertiary/aromatic N) is 2. The number of ether oxygens (including phenoxy) is 3. The van der Waals surface area contributed by atoms with Gasteiger partial charge in [0.2, 0.25) is 5.91 Å². The van der Waals surface area contributed by atoms with Gasteiger partial charge in [0, 0.05) is 11.1 Å². The van der Waals surface area contributed by atoms with E-state index in [1.54, 1.807) is 36.4 Å². The molecule has 0 aliphatic heterocycles. The summed E-state index contributed by atoms with van der Waals surface area (Å²) >= 11 is 0. The van der Waals surface area contributed by atoms with E-state index in [1.807, 2.05) is 30.3 Å². The van der Waals surface area contributed by atoms with Crippen molar-refractivity contribution >= 4 is 22.4 Å². The van der Waals surface area contributed by atoms with Crippen LogP contribution in [0.3, 0.4) is 0 Å². The van der Waals surface area contributed by atoms with Crippen molar-refractivity contribution in [1.82, 2.24) is 9.78 Å². The van der Waals surface area contributed by atoms with Crippen LogP contribution in [0.2, 0.25) is 0 Å². The van der Waals surface area contributed by atoms with Crippen LogP contribution in [0, 0.1) is 0 Å². The van der Waals surface area contributed by atoms with Gasteiger partial charge in [-0.15, -0.1) is 0 Å². The minimum Gasteiger partial charge on any atom is -0.493 e. The van der Waals surface area contributed by atoms with Gasteiger partial charge in [-0.2, -0.15) is 5.10 Å². The number of rotatable bonds is 7. The molecule has 0 bridgehead atoms. The van der Waals surface area contributed by atoms with Gasteiger partial charge in [-0.1, -0.05) is 18.2 Å². The van der Waals surface area contributed by atoms with Crippen LogP contribution in [0.4, 0.5) is 5.69 Å². The van der Waals surface area contributed by atoms with Gasteiger partial charge in [0.1, 0.15) is 18.0 Å². The Bertz CT molecular complexity index is 1300. The lowest BCUT2D eigenvalue weighted by Gasteiger charge is -2.12. The fourth-order valence-corrected chi connectivity index (χ4v) is 3.26. The first-order chi connectivity index (χ1) is 15.6. The number of aromatic nitrogens is 2. The Balaban J connectivity index is 1.49. The Hall–Kier alpha value is -4.33. The second kappa shape index (κ2) is 9.22. The third kappa shape index (κ3) is 4.39. The van der Waals surface area contributed by atoms with Crippen LogP contribution in [-0.2, 0) is 11.3 Å². The van der Waals surface area contributed by atoms with Crippen molar-refractivity contribution in [3.63, 3.8) is 0 Å². The summed E-state index contributed by atoms with van der Waals surface area (Å²) in [4.78, 5) is 25.5. The first-order valence-electron chi connectivity index (χ1n) is 9.82. The van der Waals surface area contributed by atoms with E-state index >= 15 is 0 Å². The zero-order valence-electron chi connectivity index (χ0n) is 17.6. The number of carbonyl (C=O) groups is 1. The standard InChI is InChI=1S/C24H21N3O5/c1-30-20-13-8-16-14-25-27(24(29)22(16)23(20)31-2)15-21(28)26-17-9-11-19(12-10-17)32-18-6-4-3-5-7-18/h3-14H,15H2,1-2H3,(H,26,28). The average Bonchev–Trinajstić information content (AvgIpc) is 2.82. The van der Waals surface area contributed by atoms with E-state index in [0.29, 0.717) is 33.7 Å². The predicted octanol–water partition coefficient (Wildman–Crippen LogP) is 3.84. The zero-order valence-corrected chi connectivity index (χ0v) is 17.6. The SMILES string of the molecule is COc1ccc2cnn(CC(=O)Nc3ccc(Oc4ccccc4)cc3)c(=O)c2c1OC. The normalized spacial score (nSPS) is 10.6. The molecule has 1 heterocycles. The molecule has 0 unspecified atom stereocenters. The molecule has 0 radical (unpaired) electrons. The number of anilines is 1. The third-order valence-corrected chi connectivity index (χ3v) is 4.77. The molecule has 0 spiro atoms. The highest BCUT2D eigenvalue weighted by Crippen LogP contribution is 2.32. The lowest BCUT2D eigenvalue weighted by Crippen LogP contribution is -2.29. The van der Waals surface area contributed by atoms with Crippen LogP contribution in [0.15, 0.2) is 77.7 Å². The largest absolute Gasteiger partial charge is 0.493 e. The molecule has 0 saturated carbocycles. The summed E-state index contributed by atoms with van der Waals surface area (Å²) in [5.41, 5.74) is 0.128. The molecule has 1 amide bonds. The minimum atomic E-state index is -0.444. The van der Waals surface area contributed by atoms with Crippen molar-refractivity contribution < 1.29 is 19.0 Å². The molecule has 4 rings (SSSR count). The lowest BCUT2D eigenvalue weighted by molar-refractivity contribution is -0.117. The lowest BCUT2D eigenvalue weighted by atomic mass is 10.1. The molecule has 4 aromatic rings. The van der Waals surface area contributed by atoms with Gasteiger partial charge in [-0.3, -0.25) is 9.59 Å². The molecule has 0 aliphatic rings. The van der Waals surface area contributed by atoms with Crippen molar-refractivity contribution in [2.24, 2.45) is 0 Å². The molecule has 8 nitrogen and oxygen atoms in total. The fraction of sp³-hybridized carbons (Fsp3) is 0.125. The van der Waals surface area contributed by atoms with E-state index in [9.17, 15) is 9.59 Å². The summed E-state index contributed by atoms with van der Waals surface area (Å²) in [6.45, 7) is -0.253. The van der Waals surface area contributed by atoms with Crippen LogP contribution < -0.4 is 25.1 Å². The first kappa shape index (κ1) is 20.9. The van der Waals surface area contributed by atoms with Gasteiger partial charge < -0.3 is 19.5 Å². The molecule has 0 saturated heterocycles. The summed E-state index contributed by atoms with van der Waals surface area (Å²) in [6, 6.07) is 19.8. The van der Waals surface area contributed by atoms with Crippen LogP contribution in [0.5, 0.6) is 23.0 Å². The second-order valence-electron chi connectivity index (χ2n) is 6.86. The molecule has 0 aliphatic carbocycles. The maximum absolute atomic E-state index is 13.0. The van der Waals surface area contributed by atoms with Gasteiger partial charge >= 0.3 is 0 Å². The fourth-order valence-electron chi connectivity index (χ4n) is 3.26. The maximum Gasteiger partial charge on any atom is 0.279 e. The summed E-state index contributed by atoms with van der Waals surface area (Å²) in [5, 5.41) is 7.76. The number of benzene rings is 3. The van der Waals surface area contributed by atoms with E-state index in [0.717, 1.165) is 10.4 Å². The molecular formula is C24H21N3O5.